The van der Waals surface area contributed by atoms with Gasteiger partial charge in [-0.2, -0.15) is 4.98 Å². The number of nitrogens with one attached hydrogen (secondary N) is 1. The van der Waals surface area contributed by atoms with Gasteiger partial charge in [0.25, 0.3) is 0 Å². The van der Waals surface area contributed by atoms with E-state index in [9.17, 15) is 0 Å². The molecule has 1 aliphatic rings. The van der Waals surface area contributed by atoms with Crippen LogP contribution in [0, 0.1) is 0 Å². The molecule has 0 radical (unpaired) electrons. The van der Waals surface area contributed by atoms with Crippen molar-refractivity contribution in [3.05, 3.63) is 11.7 Å². The molecule has 6 heteroatoms. The number of ether oxygens (including phenoxy) is 2. The van der Waals surface area contributed by atoms with Gasteiger partial charge in [0, 0.05) is 32.6 Å². The molecule has 2 atom stereocenters. The number of hydrogen-bond donors (Lipinski definition) is 1. The minimum atomic E-state index is 0.219. The average molecular weight is 283 g/mol. The molecule has 2 heterocycles. The van der Waals surface area contributed by atoms with Gasteiger partial charge in [0.2, 0.25) is 5.89 Å². The van der Waals surface area contributed by atoms with E-state index in [4.69, 9.17) is 14.0 Å². The van der Waals surface area contributed by atoms with Crippen molar-refractivity contribution in [3.8, 4) is 0 Å². The van der Waals surface area contributed by atoms with E-state index < -0.39 is 0 Å². The van der Waals surface area contributed by atoms with Gasteiger partial charge in [-0.15, -0.1) is 0 Å². The topological polar surface area (TPSA) is 69.4 Å². The number of aromatic nitrogens is 2. The summed E-state index contributed by atoms with van der Waals surface area (Å²) >= 11 is 0. The molecule has 1 aliphatic heterocycles. The van der Waals surface area contributed by atoms with Crippen molar-refractivity contribution in [2.24, 2.45) is 0 Å². The highest BCUT2D eigenvalue weighted by Gasteiger charge is 2.20. The molecule has 1 N–H and O–H groups in total. The molecule has 0 aromatic carbocycles. The Bertz CT molecular complexity index is 377. The molecule has 1 fully saturated rings. The Morgan fingerprint density at radius 3 is 3.10 bits per heavy atom. The lowest BCUT2D eigenvalue weighted by molar-refractivity contribution is 0.109. The maximum Gasteiger partial charge on any atom is 0.228 e. The minimum absolute atomic E-state index is 0.219. The van der Waals surface area contributed by atoms with Gasteiger partial charge in [-0.25, -0.2) is 0 Å². The number of methoxy groups -OCH3 is 1. The SMILES string of the molecule is CCCNC(COC)Cc1nc(CC2CCCO2)no1. The summed E-state index contributed by atoms with van der Waals surface area (Å²) in [5.74, 6) is 1.42. The number of rotatable bonds is 9. The molecule has 0 spiro atoms. The third kappa shape index (κ3) is 4.85. The van der Waals surface area contributed by atoms with Gasteiger partial charge in [-0.05, 0) is 25.8 Å². The summed E-state index contributed by atoms with van der Waals surface area (Å²) in [4.78, 5) is 4.45. The lowest BCUT2D eigenvalue weighted by Crippen LogP contribution is -2.35. The fourth-order valence-corrected chi connectivity index (χ4v) is 2.42. The van der Waals surface area contributed by atoms with Crippen LogP contribution >= 0.6 is 0 Å². The summed E-state index contributed by atoms with van der Waals surface area (Å²) in [5.41, 5.74) is 0. The zero-order chi connectivity index (χ0) is 14.2. The third-order valence-electron chi connectivity index (χ3n) is 3.42. The van der Waals surface area contributed by atoms with E-state index in [-0.39, 0.29) is 12.1 Å². The number of nitrogens with zero attached hydrogens (tertiary/aromatic N) is 2. The molecule has 114 valence electrons. The Morgan fingerprint density at radius 2 is 2.40 bits per heavy atom. The van der Waals surface area contributed by atoms with Gasteiger partial charge in [-0.3, -0.25) is 0 Å². The summed E-state index contributed by atoms with van der Waals surface area (Å²) in [7, 11) is 1.71. The molecule has 0 aliphatic carbocycles. The van der Waals surface area contributed by atoms with Crippen molar-refractivity contribution < 1.29 is 14.0 Å². The van der Waals surface area contributed by atoms with Gasteiger partial charge in [-0.1, -0.05) is 12.1 Å². The van der Waals surface area contributed by atoms with E-state index >= 15 is 0 Å². The maximum absolute atomic E-state index is 5.58. The van der Waals surface area contributed by atoms with Gasteiger partial charge >= 0.3 is 0 Å². The van der Waals surface area contributed by atoms with Crippen LogP contribution in [0.1, 0.15) is 37.9 Å². The highest BCUT2D eigenvalue weighted by Crippen LogP contribution is 2.16. The molecule has 0 amide bonds. The second-order valence-corrected chi connectivity index (χ2v) is 5.25. The van der Waals surface area contributed by atoms with E-state index in [1.165, 1.54) is 0 Å². The zero-order valence-corrected chi connectivity index (χ0v) is 12.4. The molecule has 2 rings (SSSR count). The van der Waals surface area contributed by atoms with Crippen LogP contribution in [0.2, 0.25) is 0 Å². The monoisotopic (exact) mass is 283 g/mol. The van der Waals surface area contributed by atoms with Crippen LogP contribution in [0.3, 0.4) is 0 Å². The second-order valence-electron chi connectivity index (χ2n) is 5.25. The van der Waals surface area contributed by atoms with E-state index in [0.717, 1.165) is 44.7 Å². The van der Waals surface area contributed by atoms with Crippen molar-refractivity contribution in [1.82, 2.24) is 15.5 Å². The maximum atomic E-state index is 5.58. The zero-order valence-electron chi connectivity index (χ0n) is 12.4. The molecular formula is C14H25N3O3. The standard InChI is InChI=1S/C14H25N3O3/c1-3-6-15-11(10-18-2)8-14-16-13(17-20-14)9-12-5-4-7-19-12/h11-12,15H,3-10H2,1-2H3. The largest absolute Gasteiger partial charge is 0.383 e. The summed E-state index contributed by atoms with van der Waals surface area (Å²) in [5, 5.41) is 7.46. The van der Waals surface area contributed by atoms with Crippen LogP contribution in [0.15, 0.2) is 4.52 Å². The molecule has 1 saturated heterocycles. The van der Waals surface area contributed by atoms with Crippen LogP contribution in [-0.4, -0.2) is 49.2 Å². The Morgan fingerprint density at radius 1 is 1.50 bits per heavy atom. The summed E-state index contributed by atoms with van der Waals surface area (Å²) in [6, 6.07) is 0.219. The molecule has 20 heavy (non-hydrogen) atoms. The normalized spacial score (nSPS) is 20.4. The van der Waals surface area contributed by atoms with Crippen molar-refractivity contribution in [1.29, 1.82) is 0 Å². The fourth-order valence-electron chi connectivity index (χ4n) is 2.42. The van der Waals surface area contributed by atoms with Crippen molar-refractivity contribution in [3.63, 3.8) is 0 Å². The predicted molar refractivity (Wildman–Crippen MR) is 74.6 cm³/mol. The molecule has 1 aromatic heterocycles. The molecule has 2 unspecified atom stereocenters. The Kier molecular flexibility index (Phi) is 6.42. The predicted octanol–water partition coefficient (Wildman–Crippen LogP) is 1.35. The summed E-state index contributed by atoms with van der Waals surface area (Å²) in [6.45, 7) is 4.60. The van der Waals surface area contributed by atoms with Crippen LogP contribution in [0.25, 0.3) is 0 Å². The molecule has 0 bridgehead atoms. The van der Waals surface area contributed by atoms with Gasteiger partial charge in [0.15, 0.2) is 5.82 Å². The van der Waals surface area contributed by atoms with Crippen molar-refractivity contribution in [2.45, 2.75) is 51.2 Å². The first-order chi connectivity index (χ1) is 9.81. The van der Waals surface area contributed by atoms with Crippen molar-refractivity contribution >= 4 is 0 Å². The average Bonchev–Trinajstić information content (AvgIpc) is 3.09. The lowest BCUT2D eigenvalue weighted by atomic mass is 10.2. The Balaban J connectivity index is 1.82. The number of hydrogen-bond acceptors (Lipinski definition) is 6. The van der Waals surface area contributed by atoms with Crippen LogP contribution < -0.4 is 5.32 Å². The van der Waals surface area contributed by atoms with Crippen LogP contribution in [-0.2, 0) is 22.3 Å². The van der Waals surface area contributed by atoms with Gasteiger partial charge in [0.1, 0.15) is 0 Å². The van der Waals surface area contributed by atoms with E-state index in [2.05, 4.69) is 22.4 Å². The summed E-state index contributed by atoms with van der Waals surface area (Å²) in [6.07, 6.45) is 5.02. The Labute approximate surface area is 120 Å². The third-order valence-corrected chi connectivity index (χ3v) is 3.42. The fraction of sp³-hybridized carbons (Fsp3) is 0.857. The first kappa shape index (κ1) is 15.4. The molecule has 6 nitrogen and oxygen atoms in total. The molecule has 1 aromatic rings. The van der Waals surface area contributed by atoms with Gasteiger partial charge < -0.3 is 19.3 Å². The smallest absolute Gasteiger partial charge is 0.228 e. The highest BCUT2D eigenvalue weighted by atomic mass is 16.5. The molecule has 0 saturated carbocycles. The van der Waals surface area contributed by atoms with Crippen LogP contribution in [0.4, 0.5) is 0 Å². The first-order valence-corrected chi connectivity index (χ1v) is 7.47. The highest BCUT2D eigenvalue weighted by molar-refractivity contribution is 4.92. The summed E-state index contributed by atoms with van der Waals surface area (Å²) < 4.78 is 16.1. The second kappa shape index (κ2) is 8.34. The lowest BCUT2D eigenvalue weighted by Gasteiger charge is -2.15. The quantitative estimate of drug-likeness (QED) is 0.737. The van der Waals surface area contributed by atoms with Gasteiger partial charge in [0.05, 0.1) is 12.7 Å². The van der Waals surface area contributed by atoms with E-state index in [1.807, 2.05) is 0 Å². The van der Waals surface area contributed by atoms with E-state index in [1.54, 1.807) is 7.11 Å². The van der Waals surface area contributed by atoms with Crippen LogP contribution in [0.5, 0.6) is 0 Å². The Hall–Kier alpha value is -0.980. The molecular weight excluding hydrogens is 258 g/mol. The minimum Gasteiger partial charge on any atom is -0.383 e. The first-order valence-electron chi connectivity index (χ1n) is 7.47. The van der Waals surface area contributed by atoms with E-state index in [0.29, 0.717) is 18.9 Å². The van der Waals surface area contributed by atoms with Crippen molar-refractivity contribution in [2.75, 3.05) is 26.9 Å².